The number of carbonyl (C=O) groups excluding carboxylic acids is 2. The predicted molar refractivity (Wildman–Crippen MR) is 131 cm³/mol. The number of pyridine rings is 1. The maximum Gasteiger partial charge on any atom is 0.349 e. The van der Waals surface area contributed by atoms with Crippen molar-refractivity contribution >= 4 is 23.3 Å². The molecule has 1 fully saturated rings. The largest absolute Gasteiger partial charge is 0.456 e. The highest BCUT2D eigenvalue weighted by atomic mass is 17.2. The molecule has 1 saturated carbocycles. The number of hydrogen-bond donors (Lipinski definition) is 0. The number of para-hydroxylation sites is 2. The molecular formula is C27H27N3O5. The van der Waals surface area contributed by atoms with Gasteiger partial charge in [-0.25, -0.2) is 4.79 Å². The van der Waals surface area contributed by atoms with E-state index in [1.165, 1.54) is 26.1 Å². The van der Waals surface area contributed by atoms with Gasteiger partial charge >= 0.3 is 5.97 Å². The highest BCUT2D eigenvalue weighted by Gasteiger charge is 2.36. The monoisotopic (exact) mass is 473 g/mol. The smallest absolute Gasteiger partial charge is 0.349 e. The van der Waals surface area contributed by atoms with Crippen LogP contribution in [0.3, 0.4) is 0 Å². The van der Waals surface area contributed by atoms with E-state index >= 15 is 0 Å². The molecule has 0 saturated heterocycles. The minimum absolute atomic E-state index is 0.163. The molecule has 8 nitrogen and oxygen atoms in total. The third-order valence-corrected chi connectivity index (χ3v) is 6.40. The molecule has 2 heterocycles. The molecule has 1 atom stereocenters. The van der Waals surface area contributed by atoms with Crippen LogP contribution in [0.5, 0.6) is 11.5 Å². The van der Waals surface area contributed by atoms with Gasteiger partial charge in [-0.1, -0.05) is 24.3 Å². The van der Waals surface area contributed by atoms with Crippen LogP contribution in [0.15, 0.2) is 67.0 Å². The van der Waals surface area contributed by atoms with Crippen molar-refractivity contribution in [1.29, 1.82) is 0 Å². The van der Waals surface area contributed by atoms with Crippen LogP contribution in [0.1, 0.15) is 41.6 Å². The summed E-state index contributed by atoms with van der Waals surface area (Å²) in [6.07, 6.45) is 5.52. The van der Waals surface area contributed by atoms with E-state index < -0.39 is 11.9 Å². The van der Waals surface area contributed by atoms with Crippen LogP contribution in [0.25, 0.3) is 0 Å². The molecule has 5 rings (SSSR count). The van der Waals surface area contributed by atoms with E-state index in [1.807, 2.05) is 24.3 Å². The number of hydrogen-bond acceptors (Lipinski definition) is 7. The summed E-state index contributed by atoms with van der Waals surface area (Å²) >= 11 is 0. The van der Waals surface area contributed by atoms with Gasteiger partial charge in [-0.05, 0) is 55.7 Å². The molecule has 1 aliphatic carbocycles. The maximum absolute atomic E-state index is 13.7. The zero-order valence-corrected chi connectivity index (χ0v) is 19.7. The SMILES string of the molecule is COOC(=O)C(C)c1cccc(Oc2ccncc2C(=O)N2CCN(C3CC3)c3ccccc32)c1. The van der Waals surface area contributed by atoms with Gasteiger partial charge in [-0.15, -0.1) is 0 Å². The Morgan fingerprint density at radius 3 is 2.60 bits per heavy atom. The third kappa shape index (κ3) is 4.70. The molecule has 2 aliphatic rings. The van der Waals surface area contributed by atoms with Gasteiger partial charge in [0.1, 0.15) is 17.1 Å². The second kappa shape index (κ2) is 9.76. The van der Waals surface area contributed by atoms with Gasteiger partial charge in [0.15, 0.2) is 0 Å². The molecule has 0 radical (unpaired) electrons. The van der Waals surface area contributed by atoms with Crippen molar-refractivity contribution in [2.45, 2.75) is 31.7 Å². The Morgan fingerprint density at radius 2 is 1.83 bits per heavy atom. The first-order valence-corrected chi connectivity index (χ1v) is 11.7. The number of nitrogens with zero attached hydrogens (tertiary/aromatic N) is 3. The van der Waals surface area contributed by atoms with Crippen LogP contribution in [0.2, 0.25) is 0 Å². The molecule has 3 aromatic rings. The minimum atomic E-state index is -0.545. The third-order valence-electron chi connectivity index (χ3n) is 6.40. The number of rotatable bonds is 7. The van der Waals surface area contributed by atoms with Crippen molar-refractivity contribution < 1.29 is 24.1 Å². The average molecular weight is 474 g/mol. The van der Waals surface area contributed by atoms with Gasteiger partial charge in [0.2, 0.25) is 0 Å². The Hall–Kier alpha value is -3.91. The molecule has 0 spiro atoms. The fourth-order valence-corrected chi connectivity index (χ4v) is 4.40. The van der Waals surface area contributed by atoms with E-state index in [9.17, 15) is 9.59 Å². The molecule has 1 amide bonds. The Morgan fingerprint density at radius 1 is 1.03 bits per heavy atom. The summed E-state index contributed by atoms with van der Waals surface area (Å²) in [5, 5.41) is 0. The fourth-order valence-electron chi connectivity index (χ4n) is 4.40. The molecular weight excluding hydrogens is 446 g/mol. The van der Waals surface area contributed by atoms with Crippen LogP contribution in [0.4, 0.5) is 11.4 Å². The van der Waals surface area contributed by atoms with Gasteiger partial charge < -0.3 is 14.5 Å². The highest BCUT2D eigenvalue weighted by molar-refractivity contribution is 6.09. The van der Waals surface area contributed by atoms with E-state index in [0.29, 0.717) is 35.2 Å². The Balaban J connectivity index is 1.40. The number of aromatic nitrogens is 1. The molecule has 180 valence electrons. The normalized spacial score (nSPS) is 15.8. The van der Waals surface area contributed by atoms with Crippen LogP contribution in [-0.4, -0.2) is 43.1 Å². The fraction of sp³-hybridized carbons (Fsp3) is 0.296. The quantitative estimate of drug-likeness (QED) is 0.363. The van der Waals surface area contributed by atoms with Crippen molar-refractivity contribution in [3.8, 4) is 11.5 Å². The lowest BCUT2D eigenvalue weighted by atomic mass is 10.0. The standard InChI is InChI=1S/C27H27N3O5/c1-18(27(32)35-33-2)19-6-5-7-21(16-19)34-25-12-13-28-17-22(25)26(31)30-15-14-29(20-10-11-20)23-8-3-4-9-24(23)30/h3-9,12-13,16-18,20H,10-11,14-15H2,1-2H3. The summed E-state index contributed by atoms with van der Waals surface area (Å²) in [5.41, 5.74) is 3.07. The first-order chi connectivity index (χ1) is 17.1. The van der Waals surface area contributed by atoms with Gasteiger partial charge in [0, 0.05) is 31.5 Å². The number of fused-ring (bicyclic) bond motifs is 1. The van der Waals surface area contributed by atoms with E-state index in [4.69, 9.17) is 4.74 Å². The highest BCUT2D eigenvalue weighted by Crippen LogP contribution is 2.41. The van der Waals surface area contributed by atoms with Crippen LogP contribution in [0, 0.1) is 0 Å². The minimum Gasteiger partial charge on any atom is -0.456 e. The Labute approximate surface area is 204 Å². The van der Waals surface area contributed by atoms with Crippen molar-refractivity contribution in [2.24, 2.45) is 0 Å². The van der Waals surface area contributed by atoms with Gasteiger partial charge in [-0.3, -0.25) is 14.7 Å². The van der Waals surface area contributed by atoms with Gasteiger partial charge in [0.25, 0.3) is 5.91 Å². The maximum atomic E-state index is 13.7. The molecule has 35 heavy (non-hydrogen) atoms. The topological polar surface area (TPSA) is 81.2 Å². The van der Waals surface area contributed by atoms with E-state index in [-0.39, 0.29) is 5.91 Å². The van der Waals surface area contributed by atoms with Crippen LogP contribution >= 0.6 is 0 Å². The summed E-state index contributed by atoms with van der Waals surface area (Å²) in [7, 11) is 1.29. The lowest BCUT2D eigenvalue weighted by molar-refractivity contribution is -0.256. The zero-order chi connectivity index (χ0) is 24.4. The second-order valence-electron chi connectivity index (χ2n) is 8.71. The van der Waals surface area contributed by atoms with Crippen LogP contribution < -0.4 is 14.5 Å². The van der Waals surface area contributed by atoms with E-state index in [0.717, 1.165) is 17.9 Å². The van der Waals surface area contributed by atoms with Crippen molar-refractivity contribution in [3.05, 3.63) is 78.1 Å². The Kier molecular flexibility index (Phi) is 6.37. The first kappa shape index (κ1) is 22.9. The molecule has 1 unspecified atom stereocenters. The van der Waals surface area contributed by atoms with Gasteiger partial charge in [0.05, 0.1) is 24.4 Å². The molecule has 1 aliphatic heterocycles. The zero-order valence-electron chi connectivity index (χ0n) is 19.7. The number of carbonyl (C=O) groups is 2. The molecule has 2 aromatic carbocycles. The van der Waals surface area contributed by atoms with Crippen LogP contribution in [-0.2, 0) is 14.6 Å². The Bertz CT molecular complexity index is 1240. The number of ether oxygens (including phenoxy) is 1. The second-order valence-corrected chi connectivity index (χ2v) is 8.71. The molecule has 0 bridgehead atoms. The summed E-state index contributed by atoms with van der Waals surface area (Å²) in [5.74, 6) is -0.316. The van der Waals surface area contributed by atoms with Crippen molar-refractivity contribution in [3.63, 3.8) is 0 Å². The van der Waals surface area contributed by atoms with Crippen molar-refractivity contribution in [1.82, 2.24) is 4.98 Å². The predicted octanol–water partition coefficient (Wildman–Crippen LogP) is 4.71. The lowest BCUT2D eigenvalue weighted by Gasteiger charge is -2.38. The summed E-state index contributed by atoms with van der Waals surface area (Å²) < 4.78 is 6.13. The van der Waals surface area contributed by atoms with Crippen molar-refractivity contribution in [2.75, 3.05) is 30.0 Å². The number of anilines is 2. The first-order valence-electron chi connectivity index (χ1n) is 11.7. The molecule has 0 N–H and O–H groups in total. The average Bonchev–Trinajstić information content (AvgIpc) is 3.73. The molecule has 8 heteroatoms. The number of benzene rings is 2. The van der Waals surface area contributed by atoms with Gasteiger partial charge in [-0.2, -0.15) is 4.89 Å². The van der Waals surface area contributed by atoms with E-state index in [2.05, 4.69) is 25.7 Å². The molecule has 1 aromatic heterocycles. The lowest BCUT2D eigenvalue weighted by Crippen LogP contribution is -2.45. The summed E-state index contributed by atoms with van der Waals surface area (Å²) in [4.78, 5) is 43.3. The summed E-state index contributed by atoms with van der Waals surface area (Å²) in [6, 6.07) is 17.4. The number of amides is 1. The summed E-state index contributed by atoms with van der Waals surface area (Å²) in [6.45, 7) is 3.11. The van der Waals surface area contributed by atoms with E-state index in [1.54, 1.807) is 42.3 Å².